The maximum Gasteiger partial charge on any atom is 0.261 e. The molecule has 1 atom stereocenters. The van der Waals surface area contributed by atoms with E-state index in [4.69, 9.17) is 9.47 Å². The Hall–Kier alpha value is -3.09. The Morgan fingerprint density at radius 3 is 2.22 bits per heavy atom. The molecule has 0 saturated heterocycles. The van der Waals surface area contributed by atoms with Gasteiger partial charge in [0, 0.05) is 13.6 Å². The van der Waals surface area contributed by atoms with E-state index >= 15 is 0 Å². The Morgan fingerprint density at radius 2 is 1.67 bits per heavy atom. The first-order chi connectivity index (χ1) is 12.9. The summed E-state index contributed by atoms with van der Waals surface area (Å²) in [6.45, 7) is 1.57. The third kappa shape index (κ3) is 5.70. The number of nitrogens with one attached hydrogen (secondary N) is 1. The van der Waals surface area contributed by atoms with E-state index in [2.05, 4.69) is 5.32 Å². The summed E-state index contributed by atoms with van der Waals surface area (Å²) in [5.74, 6) is 0.179. The van der Waals surface area contributed by atoms with Gasteiger partial charge in [-0.3, -0.25) is 9.59 Å². The van der Waals surface area contributed by atoms with E-state index in [1.807, 2.05) is 0 Å². The van der Waals surface area contributed by atoms with Crippen LogP contribution in [0.25, 0.3) is 0 Å². The first-order valence-electron chi connectivity index (χ1n) is 8.47. The van der Waals surface area contributed by atoms with Crippen LogP contribution in [0.1, 0.15) is 12.5 Å². The number of ether oxygens (including phenoxy) is 2. The van der Waals surface area contributed by atoms with Crippen molar-refractivity contribution in [2.24, 2.45) is 0 Å². The zero-order valence-corrected chi connectivity index (χ0v) is 15.6. The summed E-state index contributed by atoms with van der Waals surface area (Å²) in [7, 11) is 3.07. The minimum Gasteiger partial charge on any atom is -0.497 e. The van der Waals surface area contributed by atoms with Gasteiger partial charge in [-0.2, -0.15) is 0 Å². The Kier molecular flexibility index (Phi) is 7.16. The summed E-state index contributed by atoms with van der Waals surface area (Å²) in [5, 5.41) is 2.53. The van der Waals surface area contributed by atoms with Crippen LogP contribution in [0.5, 0.6) is 11.5 Å². The zero-order valence-electron chi connectivity index (χ0n) is 15.6. The highest BCUT2D eigenvalue weighted by molar-refractivity contribution is 5.87. The number of hydrogen-bond donors (Lipinski definition) is 1. The summed E-state index contributed by atoms with van der Waals surface area (Å²) >= 11 is 0. The van der Waals surface area contributed by atoms with Gasteiger partial charge in [-0.1, -0.05) is 12.1 Å². The van der Waals surface area contributed by atoms with E-state index in [0.29, 0.717) is 17.1 Å². The first-order valence-corrected chi connectivity index (χ1v) is 8.47. The van der Waals surface area contributed by atoms with Crippen molar-refractivity contribution in [3.63, 3.8) is 0 Å². The van der Waals surface area contributed by atoms with Crippen LogP contribution >= 0.6 is 0 Å². The molecule has 0 fully saturated rings. The van der Waals surface area contributed by atoms with Gasteiger partial charge in [-0.15, -0.1) is 0 Å². The molecule has 27 heavy (non-hydrogen) atoms. The van der Waals surface area contributed by atoms with Crippen molar-refractivity contribution >= 4 is 11.8 Å². The van der Waals surface area contributed by atoms with Crippen molar-refractivity contribution in [3.8, 4) is 11.5 Å². The van der Waals surface area contributed by atoms with Crippen molar-refractivity contribution in [1.82, 2.24) is 10.2 Å². The molecule has 0 bridgehead atoms. The Labute approximate surface area is 157 Å². The van der Waals surface area contributed by atoms with Gasteiger partial charge in [0.15, 0.2) is 6.61 Å². The zero-order chi connectivity index (χ0) is 19.8. The van der Waals surface area contributed by atoms with Crippen molar-refractivity contribution in [1.29, 1.82) is 0 Å². The fourth-order valence-electron chi connectivity index (χ4n) is 2.48. The number of likely N-dealkylation sites (N-methyl/N-ethyl adjacent to an activating group) is 1. The molecule has 2 aromatic carbocycles. The average Bonchev–Trinajstić information content (AvgIpc) is 2.70. The lowest BCUT2D eigenvalue weighted by Crippen LogP contribution is -2.48. The molecule has 1 N–H and O–H groups in total. The van der Waals surface area contributed by atoms with E-state index in [1.54, 1.807) is 50.4 Å². The predicted molar refractivity (Wildman–Crippen MR) is 99.0 cm³/mol. The lowest BCUT2D eigenvalue weighted by molar-refractivity contribution is -0.142. The number of methoxy groups -OCH3 is 1. The van der Waals surface area contributed by atoms with Crippen molar-refractivity contribution in [3.05, 3.63) is 59.9 Å². The molecule has 0 aromatic heterocycles. The number of amides is 2. The van der Waals surface area contributed by atoms with Crippen LogP contribution in [0, 0.1) is 5.82 Å². The van der Waals surface area contributed by atoms with E-state index in [9.17, 15) is 14.0 Å². The van der Waals surface area contributed by atoms with Crippen LogP contribution in [-0.2, 0) is 16.1 Å². The highest BCUT2D eigenvalue weighted by atomic mass is 19.1. The van der Waals surface area contributed by atoms with Gasteiger partial charge in [0.2, 0.25) is 5.91 Å². The number of hydrogen-bond acceptors (Lipinski definition) is 4. The Morgan fingerprint density at radius 1 is 1.07 bits per heavy atom. The van der Waals surface area contributed by atoms with E-state index in [0.717, 1.165) is 0 Å². The smallest absolute Gasteiger partial charge is 0.261 e. The standard InChI is InChI=1S/C20H23FN2O4/c1-14(20(25)22-2)23(12-15-4-6-16(21)7-5-15)19(24)13-27-18-10-8-17(26-3)9-11-18/h4-11,14H,12-13H2,1-3H3,(H,22,25)/t14-/m0/s1. The summed E-state index contributed by atoms with van der Waals surface area (Å²) in [4.78, 5) is 26.1. The largest absolute Gasteiger partial charge is 0.497 e. The molecule has 6 nitrogen and oxygen atoms in total. The van der Waals surface area contributed by atoms with Gasteiger partial charge in [-0.05, 0) is 48.9 Å². The molecule has 2 aromatic rings. The molecule has 0 saturated carbocycles. The number of halogens is 1. The minimum absolute atomic E-state index is 0.166. The van der Waals surface area contributed by atoms with Crippen LogP contribution in [-0.4, -0.2) is 43.5 Å². The second-order valence-corrected chi connectivity index (χ2v) is 5.90. The van der Waals surface area contributed by atoms with Gasteiger partial charge < -0.3 is 19.7 Å². The highest BCUT2D eigenvalue weighted by Gasteiger charge is 2.25. The Balaban J connectivity index is 2.09. The summed E-state index contributed by atoms with van der Waals surface area (Å²) < 4.78 is 23.7. The maximum atomic E-state index is 13.1. The normalized spacial score (nSPS) is 11.4. The second kappa shape index (κ2) is 9.56. The minimum atomic E-state index is -0.702. The number of rotatable bonds is 8. The number of nitrogens with zero attached hydrogens (tertiary/aromatic N) is 1. The third-order valence-corrected chi connectivity index (χ3v) is 4.10. The molecule has 144 valence electrons. The summed E-state index contributed by atoms with van der Waals surface area (Å²) in [6, 6.07) is 11.9. The number of carbonyl (C=O) groups is 2. The molecule has 0 aliphatic rings. The SMILES string of the molecule is CNC(=O)[C@H](C)N(Cc1ccc(F)cc1)C(=O)COc1ccc(OC)cc1. The van der Waals surface area contributed by atoms with Crippen LogP contribution in [0.15, 0.2) is 48.5 Å². The highest BCUT2D eigenvalue weighted by Crippen LogP contribution is 2.17. The fraction of sp³-hybridized carbons (Fsp3) is 0.300. The molecule has 0 spiro atoms. The molecule has 7 heteroatoms. The third-order valence-electron chi connectivity index (χ3n) is 4.10. The molecule has 0 aliphatic heterocycles. The predicted octanol–water partition coefficient (Wildman–Crippen LogP) is 2.38. The second-order valence-electron chi connectivity index (χ2n) is 5.90. The molecule has 0 aliphatic carbocycles. The first kappa shape index (κ1) is 20.2. The van der Waals surface area contributed by atoms with E-state index in [1.165, 1.54) is 24.1 Å². The quantitative estimate of drug-likeness (QED) is 0.770. The lowest BCUT2D eigenvalue weighted by Gasteiger charge is -2.28. The summed E-state index contributed by atoms with van der Waals surface area (Å²) in [5.41, 5.74) is 0.713. The lowest BCUT2D eigenvalue weighted by atomic mass is 10.1. The number of carbonyl (C=O) groups excluding carboxylic acids is 2. The van der Waals surface area contributed by atoms with Crippen LogP contribution in [0.2, 0.25) is 0 Å². The van der Waals surface area contributed by atoms with E-state index in [-0.39, 0.29) is 30.8 Å². The van der Waals surface area contributed by atoms with Crippen molar-refractivity contribution in [2.45, 2.75) is 19.5 Å². The molecule has 2 rings (SSSR count). The molecule has 0 unspecified atom stereocenters. The van der Waals surface area contributed by atoms with Crippen LogP contribution in [0.4, 0.5) is 4.39 Å². The monoisotopic (exact) mass is 374 g/mol. The molecular formula is C20H23FN2O4. The Bertz CT molecular complexity index is 763. The molecule has 0 radical (unpaired) electrons. The van der Waals surface area contributed by atoms with Gasteiger partial charge in [0.25, 0.3) is 5.91 Å². The van der Waals surface area contributed by atoms with Gasteiger partial charge >= 0.3 is 0 Å². The van der Waals surface area contributed by atoms with E-state index < -0.39 is 6.04 Å². The van der Waals surface area contributed by atoms with Crippen molar-refractivity contribution in [2.75, 3.05) is 20.8 Å². The number of benzene rings is 2. The molecule has 2 amide bonds. The van der Waals surface area contributed by atoms with Gasteiger partial charge in [-0.25, -0.2) is 4.39 Å². The van der Waals surface area contributed by atoms with Crippen LogP contribution in [0.3, 0.4) is 0 Å². The van der Waals surface area contributed by atoms with Crippen molar-refractivity contribution < 1.29 is 23.5 Å². The van der Waals surface area contributed by atoms with Gasteiger partial charge in [0.05, 0.1) is 7.11 Å². The topological polar surface area (TPSA) is 67.9 Å². The molecule has 0 heterocycles. The van der Waals surface area contributed by atoms with Gasteiger partial charge in [0.1, 0.15) is 23.4 Å². The summed E-state index contributed by atoms with van der Waals surface area (Å²) in [6.07, 6.45) is 0. The fourth-order valence-corrected chi connectivity index (χ4v) is 2.48. The molecular weight excluding hydrogens is 351 g/mol. The average molecular weight is 374 g/mol. The maximum absolute atomic E-state index is 13.1. The van der Waals surface area contributed by atoms with Crippen LogP contribution < -0.4 is 14.8 Å².